The highest BCUT2D eigenvalue weighted by atomic mass is 35.5. The van der Waals surface area contributed by atoms with Crippen LogP contribution in [0.2, 0.25) is 5.02 Å². The van der Waals surface area contributed by atoms with E-state index in [-0.39, 0.29) is 12.0 Å². The Kier molecular flexibility index (Phi) is 3.46. The summed E-state index contributed by atoms with van der Waals surface area (Å²) in [5.74, 6) is -0.178. The Bertz CT molecular complexity index is 406. The molecule has 1 heterocycles. The third kappa shape index (κ3) is 2.54. The fraction of sp³-hybridized carbons (Fsp3) is 0.417. The maximum atomic E-state index is 11.2. The van der Waals surface area contributed by atoms with Crippen LogP contribution < -0.4 is 5.32 Å². The number of halogens is 1. The van der Waals surface area contributed by atoms with Crippen molar-refractivity contribution >= 4 is 17.6 Å². The van der Waals surface area contributed by atoms with Gasteiger partial charge < -0.3 is 10.1 Å². The van der Waals surface area contributed by atoms with Gasteiger partial charge in [-0.3, -0.25) is 4.79 Å². The number of carbonyl (C=O) groups excluding carboxylic acids is 1. The van der Waals surface area contributed by atoms with Crippen molar-refractivity contribution in [3.63, 3.8) is 0 Å². The topological polar surface area (TPSA) is 38.3 Å². The molecule has 2 rings (SSSR count). The van der Waals surface area contributed by atoms with Gasteiger partial charge in [0.1, 0.15) is 0 Å². The predicted octanol–water partition coefficient (Wildman–Crippen LogP) is 1.92. The lowest BCUT2D eigenvalue weighted by atomic mass is 9.94. The summed E-state index contributed by atoms with van der Waals surface area (Å²) in [5.41, 5.74) is 2.48. The van der Waals surface area contributed by atoms with Crippen molar-refractivity contribution in [1.29, 1.82) is 0 Å². The van der Waals surface area contributed by atoms with Gasteiger partial charge in [0, 0.05) is 17.6 Å². The molecule has 0 aromatic heterocycles. The summed E-state index contributed by atoms with van der Waals surface area (Å²) < 4.78 is 4.66. The molecule has 1 aliphatic heterocycles. The second kappa shape index (κ2) is 4.85. The Balaban J connectivity index is 2.08. The van der Waals surface area contributed by atoms with Crippen LogP contribution >= 0.6 is 11.6 Å². The lowest BCUT2D eigenvalue weighted by Gasteiger charge is -2.25. The summed E-state index contributed by atoms with van der Waals surface area (Å²) in [4.78, 5) is 11.2. The summed E-state index contributed by atoms with van der Waals surface area (Å²) >= 11 is 5.95. The molecule has 1 unspecified atom stereocenters. The lowest BCUT2D eigenvalue weighted by molar-refractivity contribution is -0.141. The standard InChI is InChI=1S/C12H14ClNO2/c1-16-12(15)6-11-5-9-4-10(13)3-2-8(9)7-14-11/h2-4,11,14H,5-7H2,1H3. The number of hydrogen-bond acceptors (Lipinski definition) is 3. The van der Waals surface area contributed by atoms with Crippen LogP contribution in [0.25, 0.3) is 0 Å². The molecule has 0 radical (unpaired) electrons. The maximum absolute atomic E-state index is 11.2. The van der Waals surface area contributed by atoms with Gasteiger partial charge in [0.25, 0.3) is 0 Å². The van der Waals surface area contributed by atoms with Crippen molar-refractivity contribution in [2.75, 3.05) is 7.11 Å². The molecule has 0 saturated heterocycles. The van der Waals surface area contributed by atoms with Crippen LogP contribution in [0, 0.1) is 0 Å². The van der Waals surface area contributed by atoms with Crippen LogP contribution in [-0.4, -0.2) is 19.1 Å². The largest absolute Gasteiger partial charge is 0.469 e. The van der Waals surface area contributed by atoms with Crippen molar-refractivity contribution in [3.8, 4) is 0 Å². The molecule has 1 atom stereocenters. The highest BCUT2D eigenvalue weighted by molar-refractivity contribution is 6.30. The molecule has 1 aliphatic rings. The van der Waals surface area contributed by atoms with Gasteiger partial charge in [-0.25, -0.2) is 0 Å². The van der Waals surface area contributed by atoms with E-state index in [2.05, 4.69) is 10.1 Å². The van der Waals surface area contributed by atoms with E-state index >= 15 is 0 Å². The van der Waals surface area contributed by atoms with E-state index in [1.54, 1.807) is 0 Å². The summed E-state index contributed by atoms with van der Waals surface area (Å²) in [6.45, 7) is 0.786. The van der Waals surface area contributed by atoms with Crippen molar-refractivity contribution in [2.24, 2.45) is 0 Å². The van der Waals surface area contributed by atoms with E-state index in [1.807, 2.05) is 18.2 Å². The summed E-state index contributed by atoms with van der Waals surface area (Å²) in [6, 6.07) is 6.04. The molecular formula is C12H14ClNO2. The first-order valence-electron chi connectivity index (χ1n) is 5.26. The number of esters is 1. The number of ether oxygens (including phenoxy) is 1. The highest BCUT2D eigenvalue weighted by Crippen LogP contribution is 2.22. The lowest BCUT2D eigenvalue weighted by Crippen LogP contribution is -2.37. The van der Waals surface area contributed by atoms with Crippen molar-refractivity contribution in [1.82, 2.24) is 5.32 Å². The number of methoxy groups -OCH3 is 1. The zero-order valence-electron chi connectivity index (χ0n) is 9.13. The number of fused-ring (bicyclic) bond motifs is 1. The third-order valence-corrected chi connectivity index (χ3v) is 3.09. The molecule has 3 nitrogen and oxygen atoms in total. The van der Waals surface area contributed by atoms with E-state index in [9.17, 15) is 4.79 Å². The van der Waals surface area contributed by atoms with Crippen molar-refractivity contribution < 1.29 is 9.53 Å². The smallest absolute Gasteiger partial charge is 0.307 e. The Morgan fingerprint density at radius 2 is 2.38 bits per heavy atom. The highest BCUT2D eigenvalue weighted by Gasteiger charge is 2.20. The number of rotatable bonds is 2. The van der Waals surface area contributed by atoms with Gasteiger partial charge in [0.15, 0.2) is 0 Å². The van der Waals surface area contributed by atoms with Crippen molar-refractivity contribution in [3.05, 3.63) is 34.3 Å². The molecule has 1 aromatic rings. The second-order valence-electron chi connectivity index (χ2n) is 3.98. The Labute approximate surface area is 99.7 Å². The molecule has 0 aliphatic carbocycles. The number of benzene rings is 1. The van der Waals surface area contributed by atoms with Crippen LogP contribution in [0.1, 0.15) is 17.5 Å². The van der Waals surface area contributed by atoms with E-state index in [1.165, 1.54) is 18.2 Å². The fourth-order valence-corrected chi connectivity index (χ4v) is 2.17. The van der Waals surface area contributed by atoms with Gasteiger partial charge in [-0.2, -0.15) is 0 Å². The molecule has 0 amide bonds. The minimum atomic E-state index is -0.178. The van der Waals surface area contributed by atoms with Crippen LogP contribution in [0.3, 0.4) is 0 Å². The first-order chi connectivity index (χ1) is 7.69. The molecule has 1 N–H and O–H groups in total. The molecule has 0 bridgehead atoms. The van der Waals surface area contributed by atoms with Crippen LogP contribution in [0.15, 0.2) is 18.2 Å². The SMILES string of the molecule is COC(=O)CC1Cc2cc(Cl)ccc2CN1. The molecule has 0 fully saturated rings. The molecule has 16 heavy (non-hydrogen) atoms. The van der Waals surface area contributed by atoms with Gasteiger partial charge in [-0.15, -0.1) is 0 Å². The summed E-state index contributed by atoms with van der Waals surface area (Å²) in [7, 11) is 1.41. The first-order valence-corrected chi connectivity index (χ1v) is 5.64. The van der Waals surface area contributed by atoms with Crippen LogP contribution in [-0.2, 0) is 22.5 Å². The van der Waals surface area contributed by atoms with Gasteiger partial charge in [0.2, 0.25) is 0 Å². The van der Waals surface area contributed by atoms with Gasteiger partial charge in [-0.1, -0.05) is 17.7 Å². The fourth-order valence-electron chi connectivity index (χ4n) is 1.98. The first kappa shape index (κ1) is 11.4. The van der Waals surface area contributed by atoms with Gasteiger partial charge in [0.05, 0.1) is 13.5 Å². The van der Waals surface area contributed by atoms with Crippen LogP contribution in [0.4, 0.5) is 0 Å². The monoisotopic (exact) mass is 239 g/mol. The average Bonchev–Trinajstić information content (AvgIpc) is 2.28. The minimum absolute atomic E-state index is 0.151. The van der Waals surface area contributed by atoms with Gasteiger partial charge >= 0.3 is 5.97 Å². The summed E-state index contributed by atoms with van der Waals surface area (Å²) in [6.07, 6.45) is 1.23. The normalized spacial score (nSPS) is 19.0. The van der Waals surface area contributed by atoms with Crippen LogP contribution in [0.5, 0.6) is 0 Å². The maximum Gasteiger partial charge on any atom is 0.307 e. The third-order valence-electron chi connectivity index (χ3n) is 2.86. The number of nitrogens with one attached hydrogen (secondary N) is 1. The number of carbonyl (C=O) groups is 1. The predicted molar refractivity (Wildman–Crippen MR) is 62.4 cm³/mol. The zero-order valence-corrected chi connectivity index (χ0v) is 9.88. The van der Waals surface area contributed by atoms with Gasteiger partial charge in [-0.05, 0) is 29.7 Å². The Morgan fingerprint density at radius 1 is 1.56 bits per heavy atom. The van der Waals surface area contributed by atoms with E-state index in [4.69, 9.17) is 11.6 Å². The molecule has 1 aromatic carbocycles. The number of hydrogen-bond donors (Lipinski definition) is 1. The molecule has 0 spiro atoms. The molecule has 4 heteroatoms. The Morgan fingerprint density at radius 3 is 3.12 bits per heavy atom. The minimum Gasteiger partial charge on any atom is -0.469 e. The quantitative estimate of drug-likeness (QED) is 0.802. The zero-order chi connectivity index (χ0) is 11.5. The summed E-state index contributed by atoms with van der Waals surface area (Å²) in [5, 5.41) is 4.06. The molecular weight excluding hydrogens is 226 g/mol. The van der Waals surface area contributed by atoms with E-state index < -0.39 is 0 Å². The molecule has 86 valence electrons. The second-order valence-corrected chi connectivity index (χ2v) is 4.41. The van der Waals surface area contributed by atoms with E-state index in [0.717, 1.165) is 18.0 Å². The van der Waals surface area contributed by atoms with E-state index in [0.29, 0.717) is 6.42 Å². The average molecular weight is 240 g/mol. The molecule has 0 saturated carbocycles. The Hall–Kier alpha value is -1.06. The van der Waals surface area contributed by atoms with Crippen molar-refractivity contribution in [2.45, 2.75) is 25.4 Å².